The van der Waals surface area contributed by atoms with Crippen molar-refractivity contribution in [2.45, 2.75) is 13.8 Å². The lowest BCUT2D eigenvalue weighted by molar-refractivity contribution is 0.631. The SMILES string of the molecule is CCNC/C=C\CN(S)c1ccccc1Nc1ccc(C)cc1F. The van der Waals surface area contributed by atoms with Gasteiger partial charge < -0.3 is 14.9 Å². The second-order valence-electron chi connectivity index (χ2n) is 5.49. The van der Waals surface area contributed by atoms with Crippen LogP contribution < -0.4 is 14.9 Å². The molecule has 3 nitrogen and oxygen atoms in total. The van der Waals surface area contributed by atoms with E-state index in [2.05, 4.69) is 42.5 Å². The molecule has 0 spiro atoms. The minimum atomic E-state index is -0.263. The van der Waals surface area contributed by atoms with Gasteiger partial charge in [0.1, 0.15) is 5.82 Å². The Morgan fingerprint density at radius 1 is 1.12 bits per heavy atom. The Morgan fingerprint density at radius 3 is 2.67 bits per heavy atom. The lowest BCUT2D eigenvalue weighted by Crippen LogP contribution is -2.14. The van der Waals surface area contributed by atoms with Gasteiger partial charge in [-0.15, -0.1) is 0 Å². The second kappa shape index (κ2) is 9.35. The molecule has 0 saturated heterocycles. The molecule has 0 aliphatic heterocycles. The Hall–Kier alpha value is -1.98. The van der Waals surface area contributed by atoms with E-state index in [1.54, 1.807) is 6.07 Å². The lowest BCUT2D eigenvalue weighted by atomic mass is 10.2. The first-order valence-corrected chi connectivity index (χ1v) is 8.46. The predicted octanol–water partition coefficient (Wildman–Crippen LogP) is 4.69. The third kappa shape index (κ3) is 5.28. The van der Waals surface area contributed by atoms with E-state index in [1.165, 1.54) is 6.07 Å². The molecule has 2 N–H and O–H groups in total. The fourth-order valence-electron chi connectivity index (χ4n) is 2.25. The first kappa shape index (κ1) is 18.4. The van der Waals surface area contributed by atoms with Crippen molar-refractivity contribution in [2.24, 2.45) is 0 Å². The van der Waals surface area contributed by atoms with Crippen molar-refractivity contribution in [1.29, 1.82) is 0 Å². The van der Waals surface area contributed by atoms with Gasteiger partial charge in [0.2, 0.25) is 0 Å². The van der Waals surface area contributed by atoms with Gasteiger partial charge >= 0.3 is 0 Å². The number of aryl methyl sites for hydroxylation is 1. The quantitative estimate of drug-likeness (QED) is 0.368. The molecule has 0 aromatic heterocycles. The fraction of sp³-hybridized carbons (Fsp3) is 0.263. The van der Waals surface area contributed by atoms with E-state index in [4.69, 9.17) is 0 Å². The van der Waals surface area contributed by atoms with Gasteiger partial charge in [-0.3, -0.25) is 0 Å². The van der Waals surface area contributed by atoms with Crippen molar-refractivity contribution in [3.05, 3.63) is 66.0 Å². The van der Waals surface area contributed by atoms with Gasteiger partial charge in [-0.25, -0.2) is 4.39 Å². The van der Waals surface area contributed by atoms with Gasteiger partial charge in [0.15, 0.2) is 0 Å². The normalized spacial score (nSPS) is 11.0. The van der Waals surface area contributed by atoms with Crippen molar-refractivity contribution in [1.82, 2.24) is 5.32 Å². The molecule has 2 rings (SSSR count). The first-order valence-electron chi connectivity index (χ1n) is 8.06. The van der Waals surface area contributed by atoms with Crippen LogP contribution in [-0.2, 0) is 0 Å². The van der Waals surface area contributed by atoms with Crippen LogP contribution in [0.15, 0.2) is 54.6 Å². The summed E-state index contributed by atoms with van der Waals surface area (Å²) in [5.41, 5.74) is 3.06. The van der Waals surface area contributed by atoms with Crippen molar-refractivity contribution in [2.75, 3.05) is 29.3 Å². The average molecular weight is 345 g/mol. The highest BCUT2D eigenvalue weighted by Gasteiger charge is 2.09. The highest BCUT2D eigenvalue weighted by atomic mass is 32.1. The smallest absolute Gasteiger partial charge is 0.146 e. The number of anilines is 3. The molecule has 0 bridgehead atoms. The molecule has 0 aliphatic carbocycles. The van der Waals surface area contributed by atoms with Crippen LogP contribution in [0.3, 0.4) is 0 Å². The number of likely N-dealkylation sites (N-methyl/N-ethyl adjacent to an activating group) is 1. The summed E-state index contributed by atoms with van der Waals surface area (Å²) in [5.74, 6) is -0.263. The van der Waals surface area contributed by atoms with E-state index in [1.807, 2.05) is 41.6 Å². The Kier molecular flexibility index (Phi) is 7.15. The number of halogens is 1. The third-order valence-electron chi connectivity index (χ3n) is 3.53. The molecule has 0 saturated carbocycles. The fourth-order valence-corrected chi connectivity index (χ4v) is 2.52. The number of hydrogen-bond donors (Lipinski definition) is 3. The molecule has 2 aromatic carbocycles. The van der Waals surface area contributed by atoms with E-state index >= 15 is 0 Å². The second-order valence-corrected chi connectivity index (χ2v) is 5.97. The Balaban J connectivity index is 2.10. The molecule has 128 valence electrons. The summed E-state index contributed by atoms with van der Waals surface area (Å²) in [7, 11) is 0. The molecule has 0 aliphatic rings. The number of nitrogens with zero attached hydrogens (tertiary/aromatic N) is 1. The van der Waals surface area contributed by atoms with E-state index < -0.39 is 0 Å². The zero-order valence-corrected chi connectivity index (χ0v) is 15.0. The van der Waals surface area contributed by atoms with E-state index in [0.29, 0.717) is 12.2 Å². The predicted molar refractivity (Wildman–Crippen MR) is 105 cm³/mol. The number of hydrogen-bond acceptors (Lipinski definition) is 4. The highest BCUT2D eigenvalue weighted by Crippen LogP contribution is 2.30. The molecule has 0 atom stereocenters. The Bertz CT molecular complexity index is 688. The van der Waals surface area contributed by atoms with Crippen molar-refractivity contribution in [3.8, 4) is 0 Å². The number of benzene rings is 2. The topological polar surface area (TPSA) is 27.3 Å². The highest BCUT2D eigenvalue weighted by molar-refractivity contribution is 7.81. The molecular formula is C19H24FN3S. The molecule has 0 heterocycles. The van der Waals surface area contributed by atoms with Crippen molar-refractivity contribution >= 4 is 29.9 Å². The Labute approximate surface area is 149 Å². The van der Waals surface area contributed by atoms with Crippen LogP contribution in [0, 0.1) is 12.7 Å². The van der Waals surface area contributed by atoms with Gasteiger partial charge in [0.05, 0.1) is 17.1 Å². The van der Waals surface area contributed by atoms with Crippen LogP contribution in [0.5, 0.6) is 0 Å². The van der Waals surface area contributed by atoms with E-state index in [0.717, 1.165) is 30.0 Å². The molecular weight excluding hydrogens is 321 g/mol. The van der Waals surface area contributed by atoms with Crippen LogP contribution in [0.2, 0.25) is 0 Å². The maximum atomic E-state index is 14.1. The maximum Gasteiger partial charge on any atom is 0.146 e. The van der Waals surface area contributed by atoms with E-state index in [9.17, 15) is 4.39 Å². The standard InChI is InChI=1S/C19H24FN3S/c1-3-21-12-6-7-13-23(24)19-9-5-4-8-18(19)22-17-11-10-15(2)14-16(17)20/h4-11,14,21-22,24H,3,12-13H2,1-2H3/b7-6-. The summed E-state index contributed by atoms with van der Waals surface area (Å²) >= 11 is 4.55. The summed E-state index contributed by atoms with van der Waals surface area (Å²) in [6, 6.07) is 12.9. The van der Waals surface area contributed by atoms with Gasteiger partial charge in [0.25, 0.3) is 0 Å². The first-order chi connectivity index (χ1) is 11.6. The molecule has 2 aromatic rings. The van der Waals surface area contributed by atoms with Crippen molar-refractivity contribution < 1.29 is 4.39 Å². The van der Waals surface area contributed by atoms with Crippen LogP contribution in [0.25, 0.3) is 0 Å². The minimum Gasteiger partial charge on any atom is -0.351 e. The monoisotopic (exact) mass is 345 g/mol. The summed E-state index contributed by atoms with van der Waals surface area (Å²) < 4.78 is 15.9. The molecule has 5 heteroatoms. The van der Waals surface area contributed by atoms with Gasteiger partial charge in [-0.05, 0) is 43.3 Å². The molecule has 0 radical (unpaired) electrons. The summed E-state index contributed by atoms with van der Waals surface area (Å²) in [5, 5.41) is 6.39. The average Bonchev–Trinajstić information content (AvgIpc) is 2.57. The zero-order chi connectivity index (χ0) is 17.4. The number of thiol groups is 1. The van der Waals surface area contributed by atoms with Crippen LogP contribution in [0.1, 0.15) is 12.5 Å². The summed E-state index contributed by atoms with van der Waals surface area (Å²) in [6.45, 7) is 6.39. The maximum absolute atomic E-state index is 14.1. The zero-order valence-electron chi connectivity index (χ0n) is 14.1. The summed E-state index contributed by atoms with van der Waals surface area (Å²) in [6.07, 6.45) is 4.13. The van der Waals surface area contributed by atoms with Crippen LogP contribution in [0.4, 0.5) is 21.5 Å². The summed E-state index contributed by atoms with van der Waals surface area (Å²) in [4.78, 5) is 0. The van der Waals surface area contributed by atoms with Gasteiger partial charge in [-0.2, -0.15) is 0 Å². The molecule has 24 heavy (non-hydrogen) atoms. The van der Waals surface area contributed by atoms with Crippen molar-refractivity contribution in [3.63, 3.8) is 0 Å². The molecule has 0 unspecified atom stereocenters. The largest absolute Gasteiger partial charge is 0.351 e. The minimum absolute atomic E-state index is 0.263. The van der Waals surface area contributed by atoms with Crippen LogP contribution >= 0.6 is 12.8 Å². The lowest BCUT2D eigenvalue weighted by Gasteiger charge is -2.20. The van der Waals surface area contributed by atoms with E-state index in [-0.39, 0.29) is 5.82 Å². The molecule has 0 amide bonds. The van der Waals surface area contributed by atoms with Crippen LogP contribution in [-0.4, -0.2) is 19.6 Å². The third-order valence-corrected chi connectivity index (χ3v) is 3.91. The van der Waals surface area contributed by atoms with Gasteiger partial charge in [-0.1, -0.05) is 50.1 Å². The van der Waals surface area contributed by atoms with Gasteiger partial charge in [0, 0.05) is 13.1 Å². The Morgan fingerprint density at radius 2 is 1.92 bits per heavy atom. The number of nitrogens with one attached hydrogen (secondary N) is 2. The number of rotatable bonds is 8. The molecule has 0 fully saturated rings. The number of para-hydroxylation sites is 2.